The molecule has 1 atom stereocenters. The van der Waals surface area contributed by atoms with E-state index in [4.69, 9.17) is 5.11 Å². The number of pyridine rings is 1. The predicted molar refractivity (Wildman–Crippen MR) is 69.1 cm³/mol. The van der Waals surface area contributed by atoms with Crippen molar-refractivity contribution in [1.82, 2.24) is 4.98 Å². The summed E-state index contributed by atoms with van der Waals surface area (Å²) in [5.41, 5.74) is 2.27. The summed E-state index contributed by atoms with van der Waals surface area (Å²) in [6.07, 6.45) is 2.90. The monoisotopic (exact) mass is 228 g/mol. The Hall–Kier alpha value is -1.61. The Morgan fingerprint density at radius 3 is 3.12 bits per heavy atom. The van der Waals surface area contributed by atoms with Gasteiger partial charge in [-0.15, -0.1) is 0 Å². The van der Waals surface area contributed by atoms with Crippen molar-refractivity contribution in [2.24, 2.45) is 5.92 Å². The lowest BCUT2D eigenvalue weighted by atomic mass is 10.1. The van der Waals surface area contributed by atoms with Crippen molar-refractivity contribution in [2.45, 2.75) is 6.42 Å². The average Bonchev–Trinajstić information content (AvgIpc) is 2.87. The highest BCUT2D eigenvalue weighted by Crippen LogP contribution is 2.26. The van der Waals surface area contributed by atoms with Crippen LogP contribution in [-0.4, -0.2) is 29.8 Å². The quantitative estimate of drug-likeness (QED) is 0.854. The second-order valence-electron chi connectivity index (χ2n) is 4.66. The fourth-order valence-electron chi connectivity index (χ4n) is 2.48. The minimum absolute atomic E-state index is 0.297. The molecule has 1 fully saturated rings. The van der Waals surface area contributed by atoms with Gasteiger partial charge in [0.25, 0.3) is 0 Å². The van der Waals surface area contributed by atoms with E-state index in [1.54, 1.807) is 0 Å². The van der Waals surface area contributed by atoms with E-state index >= 15 is 0 Å². The lowest BCUT2D eigenvalue weighted by Crippen LogP contribution is -2.20. The van der Waals surface area contributed by atoms with Crippen molar-refractivity contribution in [2.75, 3.05) is 24.6 Å². The van der Waals surface area contributed by atoms with Gasteiger partial charge in [-0.05, 0) is 30.7 Å². The molecule has 1 aliphatic heterocycles. The van der Waals surface area contributed by atoms with E-state index in [9.17, 15) is 0 Å². The minimum Gasteiger partial charge on any atom is -0.396 e. The maximum absolute atomic E-state index is 9.17. The normalized spacial score (nSPS) is 20.1. The number of anilines is 1. The first-order chi connectivity index (χ1) is 8.36. The Kier molecular flexibility index (Phi) is 2.69. The molecule has 1 aromatic heterocycles. The third kappa shape index (κ3) is 1.98. The Labute approximate surface area is 101 Å². The Bertz CT molecular complexity index is 526. The lowest BCUT2D eigenvalue weighted by Gasteiger charge is -2.18. The molecular weight excluding hydrogens is 212 g/mol. The molecule has 0 aliphatic carbocycles. The van der Waals surface area contributed by atoms with Crippen LogP contribution in [0.2, 0.25) is 0 Å². The summed E-state index contributed by atoms with van der Waals surface area (Å²) < 4.78 is 0. The standard InChI is InChI=1S/C14H16N2O/c17-10-11-5-7-16(9-11)13-3-4-14-12(8-13)2-1-6-15-14/h1-4,6,8,11,17H,5,7,9-10H2. The number of aliphatic hydroxyl groups excluding tert-OH is 1. The average molecular weight is 228 g/mol. The zero-order chi connectivity index (χ0) is 11.7. The zero-order valence-corrected chi connectivity index (χ0v) is 9.71. The molecule has 0 amide bonds. The van der Waals surface area contributed by atoms with Crippen LogP contribution in [0.5, 0.6) is 0 Å². The van der Waals surface area contributed by atoms with E-state index in [0.717, 1.165) is 25.0 Å². The molecule has 2 heterocycles. The molecule has 2 aromatic rings. The first-order valence-corrected chi connectivity index (χ1v) is 6.07. The van der Waals surface area contributed by atoms with E-state index in [2.05, 4.69) is 34.1 Å². The van der Waals surface area contributed by atoms with Gasteiger partial charge in [0, 0.05) is 42.9 Å². The van der Waals surface area contributed by atoms with Crippen LogP contribution >= 0.6 is 0 Å². The number of aromatic nitrogens is 1. The maximum atomic E-state index is 9.17. The SMILES string of the molecule is OCC1CCN(c2ccc3ncccc3c2)C1. The smallest absolute Gasteiger partial charge is 0.0703 e. The minimum atomic E-state index is 0.297. The van der Waals surface area contributed by atoms with Crippen molar-refractivity contribution < 1.29 is 5.11 Å². The van der Waals surface area contributed by atoms with Gasteiger partial charge in [0.2, 0.25) is 0 Å². The first-order valence-electron chi connectivity index (χ1n) is 6.07. The second kappa shape index (κ2) is 4.34. The Morgan fingerprint density at radius 1 is 1.35 bits per heavy atom. The van der Waals surface area contributed by atoms with E-state index in [1.807, 2.05) is 12.3 Å². The van der Waals surface area contributed by atoms with Crippen LogP contribution in [0, 0.1) is 5.92 Å². The molecule has 0 saturated carbocycles. The van der Waals surface area contributed by atoms with Crippen LogP contribution in [0.1, 0.15) is 6.42 Å². The van der Waals surface area contributed by atoms with Crippen LogP contribution in [0.15, 0.2) is 36.5 Å². The van der Waals surface area contributed by atoms with Gasteiger partial charge in [-0.1, -0.05) is 6.07 Å². The van der Waals surface area contributed by atoms with Crippen LogP contribution in [0.4, 0.5) is 5.69 Å². The van der Waals surface area contributed by atoms with E-state index < -0.39 is 0 Å². The summed E-state index contributed by atoms with van der Waals surface area (Å²) >= 11 is 0. The van der Waals surface area contributed by atoms with Crippen molar-refractivity contribution in [3.8, 4) is 0 Å². The molecule has 1 aromatic carbocycles. The van der Waals surface area contributed by atoms with E-state index in [0.29, 0.717) is 12.5 Å². The summed E-state index contributed by atoms with van der Waals surface area (Å²) in [6.45, 7) is 2.30. The molecule has 1 saturated heterocycles. The lowest BCUT2D eigenvalue weighted by molar-refractivity contribution is 0.238. The van der Waals surface area contributed by atoms with E-state index in [1.165, 1.54) is 11.1 Å². The summed E-state index contributed by atoms with van der Waals surface area (Å²) in [7, 11) is 0. The molecule has 3 heteroatoms. The molecule has 0 bridgehead atoms. The number of nitrogens with zero attached hydrogens (tertiary/aromatic N) is 2. The largest absolute Gasteiger partial charge is 0.396 e. The predicted octanol–water partition coefficient (Wildman–Crippen LogP) is 2.05. The Morgan fingerprint density at radius 2 is 2.29 bits per heavy atom. The van der Waals surface area contributed by atoms with Crippen molar-refractivity contribution in [3.63, 3.8) is 0 Å². The van der Waals surface area contributed by atoms with Gasteiger partial charge >= 0.3 is 0 Å². The fourth-order valence-corrected chi connectivity index (χ4v) is 2.48. The summed E-state index contributed by atoms with van der Waals surface area (Å²) in [6, 6.07) is 10.4. The highest BCUT2D eigenvalue weighted by atomic mass is 16.3. The van der Waals surface area contributed by atoms with Crippen molar-refractivity contribution >= 4 is 16.6 Å². The van der Waals surface area contributed by atoms with E-state index in [-0.39, 0.29) is 0 Å². The molecule has 1 unspecified atom stereocenters. The van der Waals surface area contributed by atoms with Crippen molar-refractivity contribution in [3.05, 3.63) is 36.5 Å². The molecule has 1 N–H and O–H groups in total. The topological polar surface area (TPSA) is 36.4 Å². The molecule has 3 nitrogen and oxygen atoms in total. The number of hydrogen-bond acceptors (Lipinski definition) is 3. The molecule has 0 spiro atoms. The number of fused-ring (bicyclic) bond motifs is 1. The second-order valence-corrected chi connectivity index (χ2v) is 4.66. The maximum Gasteiger partial charge on any atom is 0.0703 e. The zero-order valence-electron chi connectivity index (χ0n) is 9.71. The van der Waals surface area contributed by atoms with Gasteiger partial charge in [-0.25, -0.2) is 0 Å². The molecule has 0 radical (unpaired) electrons. The Balaban J connectivity index is 1.91. The third-order valence-corrected chi connectivity index (χ3v) is 3.50. The third-order valence-electron chi connectivity index (χ3n) is 3.50. The van der Waals surface area contributed by atoms with Crippen LogP contribution in [0.3, 0.4) is 0 Å². The number of rotatable bonds is 2. The summed E-state index contributed by atoms with van der Waals surface area (Å²) in [4.78, 5) is 6.66. The number of aliphatic hydroxyl groups is 1. The van der Waals surface area contributed by atoms with Gasteiger partial charge in [-0.2, -0.15) is 0 Å². The van der Waals surface area contributed by atoms with Gasteiger partial charge in [0.15, 0.2) is 0 Å². The number of benzene rings is 1. The fraction of sp³-hybridized carbons (Fsp3) is 0.357. The molecule has 88 valence electrons. The van der Waals surface area contributed by atoms with Gasteiger partial charge in [-0.3, -0.25) is 4.98 Å². The summed E-state index contributed by atoms with van der Waals surface area (Å²) in [5.74, 6) is 0.430. The van der Waals surface area contributed by atoms with Gasteiger partial charge < -0.3 is 10.0 Å². The highest BCUT2D eigenvalue weighted by molar-refractivity contribution is 5.82. The molecule has 17 heavy (non-hydrogen) atoms. The highest BCUT2D eigenvalue weighted by Gasteiger charge is 2.21. The van der Waals surface area contributed by atoms with Crippen LogP contribution < -0.4 is 4.90 Å². The number of hydrogen-bond donors (Lipinski definition) is 1. The molecular formula is C14H16N2O. The van der Waals surface area contributed by atoms with Crippen LogP contribution in [-0.2, 0) is 0 Å². The molecule has 3 rings (SSSR count). The summed E-state index contributed by atoms with van der Waals surface area (Å²) in [5, 5.41) is 10.3. The first kappa shape index (κ1) is 10.5. The van der Waals surface area contributed by atoms with Crippen LogP contribution in [0.25, 0.3) is 10.9 Å². The van der Waals surface area contributed by atoms with Crippen molar-refractivity contribution in [1.29, 1.82) is 0 Å². The van der Waals surface area contributed by atoms with Gasteiger partial charge in [0.1, 0.15) is 0 Å². The molecule has 1 aliphatic rings. The van der Waals surface area contributed by atoms with Gasteiger partial charge in [0.05, 0.1) is 5.52 Å².